The van der Waals surface area contributed by atoms with Gasteiger partial charge in [0.2, 0.25) is 0 Å². The summed E-state index contributed by atoms with van der Waals surface area (Å²) in [6.07, 6.45) is -1.07. The zero-order valence-corrected chi connectivity index (χ0v) is 18.1. The van der Waals surface area contributed by atoms with E-state index in [4.69, 9.17) is 44.3 Å². The molecule has 10 heteroatoms. The largest absolute Gasteiger partial charge is 0.469 e. The van der Waals surface area contributed by atoms with Gasteiger partial charge in [0.05, 0.1) is 22.2 Å². The predicted molar refractivity (Wildman–Crippen MR) is 112 cm³/mol. The van der Waals surface area contributed by atoms with Gasteiger partial charge >= 0.3 is 18.0 Å². The van der Waals surface area contributed by atoms with E-state index in [0.717, 1.165) is 5.56 Å². The molecule has 0 aliphatic heterocycles. The Morgan fingerprint density at radius 1 is 1.00 bits per heavy atom. The van der Waals surface area contributed by atoms with Crippen LogP contribution in [-0.4, -0.2) is 31.2 Å². The molecule has 1 atom stereocenters. The molecule has 0 radical (unpaired) electrons. The second-order valence-corrected chi connectivity index (χ2v) is 7.21. The average Bonchev–Trinajstić information content (AvgIpc) is 2.73. The number of benzene rings is 2. The van der Waals surface area contributed by atoms with E-state index in [9.17, 15) is 14.4 Å². The Balaban J connectivity index is 2.05. The van der Waals surface area contributed by atoms with Gasteiger partial charge in [0.15, 0.2) is 5.75 Å². The average molecular weight is 475 g/mol. The molecule has 2 rings (SSSR count). The number of ether oxygens (including phenoxy) is 3. The number of methoxy groups -OCH3 is 1. The zero-order chi connectivity index (χ0) is 22.1. The van der Waals surface area contributed by atoms with Crippen LogP contribution in [0.1, 0.15) is 18.4 Å². The van der Waals surface area contributed by atoms with Gasteiger partial charge in [-0.15, -0.1) is 0 Å². The second kappa shape index (κ2) is 11.6. The van der Waals surface area contributed by atoms with Crippen molar-refractivity contribution in [2.24, 2.45) is 0 Å². The summed E-state index contributed by atoms with van der Waals surface area (Å²) in [4.78, 5) is 36.2. The number of esters is 2. The lowest BCUT2D eigenvalue weighted by molar-refractivity contribution is -0.141. The molecule has 2 aromatic carbocycles. The van der Waals surface area contributed by atoms with Crippen molar-refractivity contribution < 1.29 is 28.6 Å². The van der Waals surface area contributed by atoms with Gasteiger partial charge in [0.1, 0.15) is 12.6 Å². The topological polar surface area (TPSA) is 90.9 Å². The van der Waals surface area contributed by atoms with E-state index < -0.39 is 24.1 Å². The van der Waals surface area contributed by atoms with Crippen LogP contribution >= 0.6 is 34.8 Å². The maximum atomic E-state index is 12.6. The number of hydrogen-bond donors (Lipinski definition) is 1. The lowest BCUT2D eigenvalue weighted by Crippen LogP contribution is -2.43. The number of carbonyl (C=O) groups excluding carboxylic acids is 3. The van der Waals surface area contributed by atoms with E-state index in [1.54, 1.807) is 24.3 Å². The summed E-state index contributed by atoms with van der Waals surface area (Å²) in [6.45, 7) is 0.00403. The molecule has 0 saturated heterocycles. The quantitative estimate of drug-likeness (QED) is 0.336. The molecule has 0 spiro atoms. The third kappa shape index (κ3) is 7.40. The summed E-state index contributed by atoms with van der Waals surface area (Å²) in [5.74, 6) is -1.46. The van der Waals surface area contributed by atoms with E-state index in [1.165, 1.54) is 19.2 Å². The van der Waals surface area contributed by atoms with Crippen LogP contribution in [0.15, 0.2) is 42.5 Å². The lowest BCUT2D eigenvalue weighted by Gasteiger charge is -2.18. The Labute approximate surface area is 188 Å². The Kier molecular flexibility index (Phi) is 9.23. The SMILES string of the molecule is COC(=O)CC[C@H](NC(=O)OCc1ccccc1)C(=O)Oc1cc(Cl)c(Cl)cc1Cl. The van der Waals surface area contributed by atoms with Crippen molar-refractivity contribution >= 4 is 52.8 Å². The van der Waals surface area contributed by atoms with Crippen LogP contribution in [0.2, 0.25) is 15.1 Å². The van der Waals surface area contributed by atoms with E-state index in [-0.39, 0.29) is 40.3 Å². The highest BCUT2D eigenvalue weighted by atomic mass is 35.5. The molecule has 0 heterocycles. The zero-order valence-electron chi connectivity index (χ0n) is 15.8. The van der Waals surface area contributed by atoms with Crippen molar-refractivity contribution in [3.63, 3.8) is 0 Å². The summed E-state index contributed by atoms with van der Waals surface area (Å²) in [5, 5.41) is 2.75. The summed E-state index contributed by atoms with van der Waals surface area (Å²) in [5.41, 5.74) is 0.768. The highest BCUT2D eigenvalue weighted by Gasteiger charge is 2.26. The van der Waals surface area contributed by atoms with Gasteiger partial charge in [-0.1, -0.05) is 65.1 Å². The van der Waals surface area contributed by atoms with E-state index in [0.29, 0.717) is 0 Å². The van der Waals surface area contributed by atoms with Gasteiger partial charge in [0.25, 0.3) is 0 Å². The van der Waals surface area contributed by atoms with E-state index in [2.05, 4.69) is 10.1 Å². The maximum absolute atomic E-state index is 12.6. The molecular weight excluding hydrogens is 457 g/mol. The van der Waals surface area contributed by atoms with E-state index in [1.807, 2.05) is 6.07 Å². The Hall–Kier alpha value is -2.48. The first kappa shape index (κ1) is 23.8. The number of carbonyl (C=O) groups is 3. The summed E-state index contributed by atoms with van der Waals surface area (Å²) < 4.78 is 14.9. The van der Waals surface area contributed by atoms with Gasteiger partial charge in [-0.2, -0.15) is 0 Å². The van der Waals surface area contributed by atoms with Crippen LogP contribution in [0.4, 0.5) is 4.79 Å². The molecule has 0 saturated carbocycles. The van der Waals surface area contributed by atoms with Crippen LogP contribution in [0, 0.1) is 0 Å². The highest BCUT2D eigenvalue weighted by molar-refractivity contribution is 6.43. The number of halogens is 3. The Bertz CT molecular complexity index is 907. The van der Waals surface area contributed by atoms with Gasteiger partial charge in [-0.05, 0) is 18.1 Å². The second-order valence-electron chi connectivity index (χ2n) is 5.99. The van der Waals surface area contributed by atoms with Crippen LogP contribution in [0.5, 0.6) is 5.75 Å². The summed E-state index contributed by atoms with van der Waals surface area (Å²) in [6, 6.07) is 10.4. The minimum absolute atomic E-state index is 0.00403. The predicted octanol–water partition coefficient (Wildman–Crippen LogP) is 4.80. The Morgan fingerprint density at radius 3 is 2.33 bits per heavy atom. The Morgan fingerprint density at radius 2 is 1.67 bits per heavy atom. The van der Waals surface area contributed by atoms with Gasteiger partial charge in [-0.25, -0.2) is 9.59 Å². The van der Waals surface area contributed by atoms with Crippen LogP contribution in [-0.2, 0) is 25.7 Å². The molecule has 0 aliphatic carbocycles. The van der Waals surface area contributed by atoms with Crippen molar-refractivity contribution in [1.82, 2.24) is 5.32 Å². The molecule has 0 aromatic heterocycles. The lowest BCUT2D eigenvalue weighted by atomic mass is 10.1. The van der Waals surface area contributed by atoms with Crippen molar-refractivity contribution in [2.45, 2.75) is 25.5 Å². The number of alkyl carbamates (subject to hydrolysis) is 1. The van der Waals surface area contributed by atoms with Crippen molar-refractivity contribution in [3.8, 4) is 5.75 Å². The van der Waals surface area contributed by atoms with Gasteiger partial charge < -0.3 is 19.5 Å². The molecule has 0 unspecified atom stereocenters. The van der Waals surface area contributed by atoms with Crippen molar-refractivity contribution in [3.05, 3.63) is 63.1 Å². The number of nitrogens with one attached hydrogen (secondary N) is 1. The van der Waals surface area contributed by atoms with Crippen LogP contribution in [0.3, 0.4) is 0 Å². The van der Waals surface area contributed by atoms with Crippen molar-refractivity contribution in [1.29, 1.82) is 0 Å². The third-order valence-corrected chi connectivity index (χ3v) is 4.86. The first-order valence-corrected chi connectivity index (χ1v) is 9.83. The highest BCUT2D eigenvalue weighted by Crippen LogP contribution is 2.34. The molecular formula is C20H18Cl3NO6. The monoisotopic (exact) mass is 473 g/mol. The van der Waals surface area contributed by atoms with Crippen LogP contribution in [0.25, 0.3) is 0 Å². The van der Waals surface area contributed by atoms with Gasteiger partial charge in [-0.3, -0.25) is 4.79 Å². The normalized spacial score (nSPS) is 11.3. The fraction of sp³-hybridized carbons (Fsp3) is 0.250. The van der Waals surface area contributed by atoms with Gasteiger partial charge in [0, 0.05) is 12.5 Å². The summed E-state index contributed by atoms with van der Waals surface area (Å²) >= 11 is 17.8. The first-order valence-electron chi connectivity index (χ1n) is 8.70. The first-order chi connectivity index (χ1) is 14.3. The minimum atomic E-state index is -1.20. The number of amides is 1. The number of hydrogen-bond acceptors (Lipinski definition) is 6. The van der Waals surface area contributed by atoms with E-state index >= 15 is 0 Å². The number of rotatable bonds is 8. The van der Waals surface area contributed by atoms with Crippen LogP contribution < -0.4 is 10.1 Å². The molecule has 2 aromatic rings. The summed E-state index contributed by atoms with van der Waals surface area (Å²) in [7, 11) is 1.21. The third-order valence-electron chi connectivity index (χ3n) is 3.84. The molecule has 0 aliphatic rings. The maximum Gasteiger partial charge on any atom is 0.408 e. The molecule has 160 valence electrons. The van der Waals surface area contributed by atoms with Crippen molar-refractivity contribution in [2.75, 3.05) is 7.11 Å². The molecule has 0 bridgehead atoms. The fourth-order valence-electron chi connectivity index (χ4n) is 2.28. The standard InChI is InChI=1S/C20H18Cl3NO6/c1-28-18(25)8-7-16(24-20(27)29-11-12-5-3-2-4-6-12)19(26)30-17-10-14(22)13(21)9-15(17)23/h2-6,9-10,16H,7-8,11H2,1H3,(H,24,27)/t16-/m0/s1. The molecule has 1 amide bonds. The minimum Gasteiger partial charge on any atom is -0.469 e. The molecule has 1 N–H and O–H groups in total. The fourth-order valence-corrected chi connectivity index (χ4v) is 2.86. The molecule has 30 heavy (non-hydrogen) atoms. The molecule has 0 fully saturated rings. The molecule has 7 nitrogen and oxygen atoms in total. The smallest absolute Gasteiger partial charge is 0.408 e.